The van der Waals surface area contributed by atoms with E-state index in [0.29, 0.717) is 5.92 Å². The summed E-state index contributed by atoms with van der Waals surface area (Å²) in [4.78, 5) is 2.22. The molecule has 1 atom stereocenters. The van der Waals surface area contributed by atoms with Gasteiger partial charge in [0.05, 0.1) is 11.8 Å². The summed E-state index contributed by atoms with van der Waals surface area (Å²) in [6.07, 6.45) is 3.14. The Bertz CT molecular complexity index is 963. The third kappa shape index (κ3) is 2.01. The molecular formula is C19H16N2O2S. The van der Waals surface area contributed by atoms with Crippen molar-refractivity contribution in [3.63, 3.8) is 0 Å². The number of allylic oxidation sites excluding steroid dienone is 1. The lowest BCUT2D eigenvalue weighted by Gasteiger charge is -2.26. The van der Waals surface area contributed by atoms with Gasteiger partial charge in [0, 0.05) is 35.7 Å². The van der Waals surface area contributed by atoms with Gasteiger partial charge in [0.25, 0.3) is 0 Å². The molecule has 4 nitrogen and oxygen atoms in total. The van der Waals surface area contributed by atoms with Gasteiger partial charge in [-0.25, -0.2) is 0 Å². The smallest absolute Gasteiger partial charge is 0.154 e. The van der Waals surface area contributed by atoms with Crippen molar-refractivity contribution in [2.45, 2.75) is 12.3 Å². The SMILES string of the molecule is COc1ccc2c(c1)OC1=CN(c3nsc4ccccc34)CCC12. The first-order valence-electron chi connectivity index (χ1n) is 8.02. The number of hydrogen-bond donors (Lipinski definition) is 0. The number of anilines is 1. The summed E-state index contributed by atoms with van der Waals surface area (Å²) < 4.78 is 17.3. The maximum atomic E-state index is 6.11. The topological polar surface area (TPSA) is 34.6 Å². The van der Waals surface area contributed by atoms with E-state index in [-0.39, 0.29) is 0 Å². The molecule has 3 heterocycles. The van der Waals surface area contributed by atoms with Crippen LogP contribution in [0.5, 0.6) is 11.5 Å². The lowest BCUT2D eigenvalue weighted by molar-refractivity contribution is 0.397. The van der Waals surface area contributed by atoms with Gasteiger partial charge in [-0.2, -0.15) is 4.37 Å². The van der Waals surface area contributed by atoms with Crippen molar-refractivity contribution in [3.05, 3.63) is 60.0 Å². The van der Waals surface area contributed by atoms with Gasteiger partial charge >= 0.3 is 0 Å². The molecule has 120 valence electrons. The predicted octanol–water partition coefficient (Wildman–Crippen LogP) is 4.53. The first-order chi connectivity index (χ1) is 11.8. The van der Waals surface area contributed by atoms with E-state index in [0.717, 1.165) is 36.0 Å². The molecule has 0 amide bonds. The van der Waals surface area contributed by atoms with Gasteiger partial charge in [0.1, 0.15) is 17.3 Å². The summed E-state index contributed by atoms with van der Waals surface area (Å²) in [7, 11) is 1.68. The highest BCUT2D eigenvalue weighted by molar-refractivity contribution is 7.13. The average Bonchev–Trinajstić information content (AvgIpc) is 3.21. The highest BCUT2D eigenvalue weighted by atomic mass is 32.1. The van der Waals surface area contributed by atoms with Crippen molar-refractivity contribution in [1.29, 1.82) is 0 Å². The molecule has 0 radical (unpaired) electrons. The summed E-state index contributed by atoms with van der Waals surface area (Å²) >= 11 is 1.55. The van der Waals surface area contributed by atoms with Crippen LogP contribution in [0.25, 0.3) is 10.1 Å². The van der Waals surface area contributed by atoms with Gasteiger partial charge in [-0.3, -0.25) is 0 Å². The molecule has 1 aromatic heterocycles. The van der Waals surface area contributed by atoms with E-state index < -0.39 is 0 Å². The van der Waals surface area contributed by atoms with Gasteiger partial charge in [-0.1, -0.05) is 18.2 Å². The fourth-order valence-electron chi connectivity index (χ4n) is 3.52. The van der Waals surface area contributed by atoms with Crippen molar-refractivity contribution in [2.24, 2.45) is 0 Å². The summed E-state index contributed by atoms with van der Waals surface area (Å²) in [5, 5.41) is 1.20. The van der Waals surface area contributed by atoms with Crippen LogP contribution in [0.15, 0.2) is 54.4 Å². The van der Waals surface area contributed by atoms with E-state index in [9.17, 15) is 0 Å². The molecule has 0 saturated heterocycles. The maximum absolute atomic E-state index is 6.11. The van der Waals surface area contributed by atoms with Gasteiger partial charge in [0.15, 0.2) is 5.82 Å². The zero-order valence-electron chi connectivity index (χ0n) is 13.2. The number of fused-ring (bicyclic) bond motifs is 4. The van der Waals surface area contributed by atoms with Gasteiger partial charge in [0.2, 0.25) is 0 Å². The summed E-state index contributed by atoms with van der Waals surface area (Å²) in [6.45, 7) is 0.941. The van der Waals surface area contributed by atoms with E-state index in [1.165, 1.54) is 15.6 Å². The van der Waals surface area contributed by atoms with Crippen LogP contribution >= 0.6 is 11.5 Å². The van der Waals surface area contributed by atoms with Gasteiger partial charge < -0.3 is 14.4 Å². The molecule has 5 rings (SSSR count). The highest BCUT2D eigenvalue weighted by Crippen LogP contribution is 2.46. The largest absolute Gasteiger partial charge is 0.497 e. The molecule has 2 aliphatic rings. The summed E-state index contributed by atoms with van der Waals surface area (Å²) in [6, 6.07) is 14.5. The Balaban J connectivity index is 1.52. The monoisotopic (exact) mass is 336 g/mol. The number of aromatic nitrogens is 1. The fourth-order valence-corrected chi connectivity index (χ4v) is 4.30. The number of rotatable bonds is 2. The molecule has 0 saturated carbocycles. The molecule has 1 unspecified atom stereocenters. The van der Waals surface area contributed by atoms with Crippen LogP contribution in [0.3, 0.4) is 0 Å². The molecule has 0 fully saturated rings. The number of hydrogen-bond acceptors (Lipinski definition) is 5. The standard InChI is InChI=1S/C19H16N2O2S/c1-22-12-6-7-13-14-8-9-21(11-17(14)23-16(13)10-12)19-15-4-2-3-5-18(15)24-20-19/h2-7,10-11,14H,8-9H2,1H3. The van der Waals surface area contributed by atoms with Gasteiger partial charge in [-0.15, -0.1) is 0 Å². The van der Waals surface area contributed by atoms with E-state index >= 15 is 0 Å². The Morgan fingerprint density at radius 2 is 2.17 bits per heavy atom. The second-order valence-electron chi connectivity index (χ2n) is 6.07. The summed E-state index contributed by atoms with van der Waals surface area (Å²) in [5.74, 6) is 4.11. The van der Waals surface area contributed by atoms with E-state index in [2.05, 4.69) is 45.8 Å². The molecule has 5 heteroatoms. The van der Waals surface area contributed by atoms with Crippen molar-refractivity contribution in [2.75, 3.05) is 18.6 Å². The number of benzene rings is 2. The molecule has 0 spiro atoms. The molecule has 0 N–H and O–H groups in total. The van der Waals surface area contributed by atoms with Crippen LogP contribution in [-0.4, -0.2) is 18.0 Å². The van der Waals surface area contributed by atoms with Crippen molar-refractivity contribution < 1.29 is 9.47 Å². The molecule has 0 bridgehead atoms. The Hall–Kier alpha value is -2.53. The Kier molecular flexibility index (Phi) is 3.03. The molecule has 2 aromatic carbocycles. The van der Waals surface area contributed by atoms with Crippen LogP contribution < -0.4 is 14.4 Å². The van der Waals surface area contributed by atoms with Crippen LogP contribution in [-0.2, 0) is 0 Å². The third-order valence-electron chi connectivity index (χ3n) is 4.74. The predicted molar refractivity (Wildman–Crippen MR) is 96.0 cm³/mol. The minimum atomic E-state index is 0.340. The second kappa shape index (κ2) is 5.24. The second-order valence-corrected chi connectivity index (χ2v) is 6.88. The molecular weight excluding hydrogens is 320 g/mol. The van der Waals surface area contributed by atoms with Crippen LogP contribution in [0, 0.1) is 0 Å². The van der Waals surface area contributed by atoms with Crippen molar-refractivity contribution in [3.8, 4) is 11.5 Å². The van der Waals surface area contributed by atoms with Crippen molar-refractivity contribution in [1.82, 2.24) is 4.37 Å². The molecule has 0 aliphatic carbocycles. The van der Waals surface area contributed by atoms with Crippen LogP contribution in [0.2, 0.25) is 0 Å². The van der Waals surface area contributed by atoms with Crippen LogP contribution in [0.1, 0.15) is 17.9 Å². The quantitative estimate of drug-likeness (QED) is 0.688. The Labute approximate surface area is 144 Å². The lowest BCUT2D eigenvalue weighted by Crippen LogP contribution is -2.26. The minimum Gasteiger partial charge on any atom is -0.497 e. The number of methoxy groups -OCH3 is 1. The normalized spacial score (nSPS) is 18.8. The third-order valence-corrected chi connectivity index (χ3v) is 5.56. The Morgan fingerprint density at radius 3 is 3.08 bits per heavy atom. The average molecular weight is 336 g/mol. The van der Waals surface area contributed by atoms with E-state index in [4.69, 9.17) is 9.47 Å². The van der Waals surface area contributed by atoms with E-state index in [1.54, 1.807) is 18.6 Å². The molecule has 24 heavy (non-hydrogen) atoms. The molecule has 3 aromatic rings. The summed E-state index contributed by atoms with van der Waals surface area (Å²) in [5.41, 5.74) is 1.25. The zero-order chi connectivity index (χ0) is 16.1. The number of ether oxygens (including phenoxy) is 2. The lowest BCUT2D eigenvalue weighted by atomic mass is 9.93. The highest BCUT2D eigenvalue weighted by Gasteiger charge is 2.34. The fraction of sp³-hybridized carbons (Fsp3) is 0.211. The minimum absolute atomic E-state index is 0.340. The number of nitrogens with zero attached hydrogens (tertiary/aromatic N) is 2. The maximum Gasteiger partial charge on any atom is 0.154 e. The van der Waals surface area contributed by atoms with Crippen molar-refractivity contribution >= 4 is 27.4 Å². The van der Waals surface area contributed by atoms with Crippen LogP contribution in [0.4, 0.5) is 5.82 Å². The Morgan fingerprint density at radius 1 is 1.25 bits per heavy atom. The van der Waals surface area contributed by atoms with Gasteiger partial charge in [-0.05, 0) is 36.2 Å². The first-order valence-corrected chi connectivity index (χ1v) is 8.79. The van der Waals surface area contributed by atoms with E-state index in [1.807, 2.05) is 12.1 Å². The molecule has 2 aliphatic heterocycles. The first kappa shape index (κ1) is 13.9. The zero-order valence-corrected chi connectivity index (χ0v) is 14.0.